The number of nitrogens with one attached hydrogen (secondary N) is 1. The lowest BCUT2D eigenvalue weighted by molar-refractivity contribution is 0.142. The minimum Gasteiger partial charge on any atom is -0.382 e. The Morgan fingerprint density at radius 2 is 2.32 bits per heavy atom. The quantitative estimate of drug-likeness (QED) is 0.755. The second kappa shape index (κ2) is 7.25. The van der Waals surface area contributed by atoms with Crippen LogP contribution in [-0.2, 0) is 11.3 Å². The Hall–Kier alpha value is -1.40. The SMILES string of the molecule is CCOCCCn1ccnc1NC(C)c1nccs1. The summed E-state index contributed by atoms with van der Waals surface area (Å²) in [6.45, 7) is 6.58. The Morgan fingerprint density at radius 3 is 3.05 bits per heavy atom. The van der Waals surface area contributed by atoms with E-state index in [9.17, 15) is 0 Å². The Balaban J connectivity index is 1.88. The van der Waals surface area contributed by atoms with E-state index < -0.39 is 0 Å². The molecule has 2 aromatic rings. The highest BCUT2D eigenvalue weighted by Crippen LogP contribution is 2.19. The van der Waals surface area contributed by atoms with Crippen molar-refractivity contribution in [3.05, 3.63) is 29.0 Å². The first-order valence-electron chi connectivity index (χ1n) is 6.56. The van der Waals surface area contributed by atoms with Gasteiger partial charge in [-0.1, -0.05) is 0 Å². The van der Waals surface area contributed by atoms with Gasteiger partial charge in [-0.3, -0.25) is 0 Å². The van der Waals surface area contributed by atoms with Gasteiger partial charge in [0, 0.05) is 43.7 Å². The molecule has 2 rings (SSSR count). The van der Waals surface area contributed by atoms with E-state index in [4.69, 9.17) is 4.74 Å². The molecule has 0 aromatic carbocycles. The van der Waals surface area contributed by atoms with Crippen molar-refractivity contribution < 1.29 is 4.74 Å². The van der Waals surface area contributed by atoms with Crippen LogP contribution in [0.3, 0.4) is 0 Å². The lowest BCUT2D eigenvalue weighted by atomic mass is 10.3. The maximum atomic E-state index is 5.35. The number of ether oxygens (including phenoxy) is 1. The molecule has 2 aromatic heterocycles. The molecule has 2 heterocycles. The van der Waals surface area contributed by atoms with Crippen molar-refractivity contribution in [3.8, 4) is 0 Å². The maximum Gasteiger partial charge on any atom is 0.203 e. The average Bonchev–Trinajstić information content (AvgIpc) is 3.06. The summed E-state index contributed by atoms with van der Waals surface area (Å²) in [5, 5.41) is 6.45. The zero-order valence-electron chi connectivity index (χ0n) is 11.4. The summed E-state index contributed by atoms with van der Waals surface area (Å²) in [5.41, 5.74) is 0. The van der Waals surface area contributed by atoms with Gasteiger partial charge in [0.25, 0.3) is 0 Å². The molecule has 1 atom stereocenters. The molecule has 0 spiro atoms. The molecular formula is C13H20N4OS. The van der Waals surface area contributed by atoms with Gasteiger partial charge in [0.05, 0.1) is 6.04 Å². The van der Waals surface area contributed by atoms with Crippen LogP contribution < -0.4 is 5.32 Å². The van der Waals surface area contributed by atoms with Crippen LogP contribution in [0.2, 0.25) is 0 Å². The molecule has 0 saturated heterocycles. The topological polar surface area (TPSA) is 52.0 Å². The maximum absolute atomic E-state index is 5.35. The van der Waals surface area contributed by atoms with Gasteiger partial charge in [-0.25, -0.2) is 9.97 Å². The summed E-state index contributed by atoms with van der Waals surface area (Å²) in [6, 6.07) is 0.174. The summed E-state index contributed by atoms with van der Waals surface area (Å²) in [6.07, 6.45) is 6.62. The largest absolute Gasteiger partial charge is 0.382 e. The molecule has 0 bridgehead atoms. The van der Waals surface area contributed by atoms with Crippen LogP contribution in [0.15, 0.2) is 24.0 Å². The molecule has 0 aliphatic heterocycles. The minimum atomic E-state index is 0.174. The van der Waals surface area contributed by atoms with E-state index in [0.717, 1.165) is 37.1 Å². The van der Waals surface area contributed by atoms with Crippen LogP contribution in [0.1, 0.15) is 31.3 Å². The fourth-order valence-electron chi connectivity index (χ4n) is 1.81. The van der Waals surface area contributed by atoms with Crippen molar-refractivity contribution in [1.82, 2.24) is 14.5 Å². The molecule has 0 aliphatic rings. The van der Waals surface area contributed by atoms with E-state index in [1.165, 1.54) is 0 Å². The van der Waals surface area contributed by atoms with Crippen molar-refractivity contribution in [3.63, 3.8) is 0 Å². The minimum absolute atomic E-state index is 0.174. The summed E-state index contributed by atoms with van der Waals surface area (Å²) < 4.78 is 7.46. The fraction of sp³-hybridized carbons (Fsp3) is 0.538. The second-order valence-corrected chi connectivity index (χ2v) is 5.16. The summed E-state index contributed by atoms with van der Waals surface area (Å²) in [5.74, 6) is 0.888. The number of hydrogen-bond acceptors (Lipinski definition) is 5. The smallest absolute Gasteiger partial charge is 0.203 e. The molecule has 19 heavy (non-hydrogen) atoms. The highest BCUT2D eigenvalue weighted by atomic mass is 32.1. The third-order valence-corrected chi connectivity index (χ3v) is 3.73. The van der Waals surface area contributed by atoms with Gasteiger partial charge < -0.3 is 14.6 Å². The van der Waals surface area contributed by atoms with Gasteiger partial charge in [0.15, 0.2) is 0 Å². The van der Waals surface area contributed by atoms with Gasteiger partial charge in [-0.2, -0.15) is 0 Å². The average molecular weight is 280 g/mol. The predicted molar refractivity (Wildman–Crippen MR) is 77.5 cm³/mol. The molecule has 1 unspecified atom stereocenters. The zero-order chi connectivity index (χ0) is 13.5. The Kier molecular flexibility index (Phi) is 5.35. The molecule has 0 saturated carbocycles. The number of nitrogens with zero attached hydrogens (tertiary/aromatic N) is 3. The number of hydrogen-bond donors (Lipinski definition) is 1. The molecule has 0 amide bonds. The lowest BCUT2D eigenvalue weighted by Gasteiger charge is -2.14. The van der Waals surface area contributed by atoms with Crippen LogP contribution >= 0.6 is 11.3 Å². The van der Waals surface area contributed by atoms with Crippen molar-refractivity contribution >= 4 is 17.3 Å². The number of aromatic nitrogens is 3. The summed E-state index contributed by atoms with van der Waals surface area (Å²) in [4.78, 5) is 8.66. The van der Waals surface area contributed by atoms with Crippen LogP contribution in [-0.4, -0.2) is 27.7 Å². The summed E-state index contributed by atoms with van der Waals surface area (Å²) in [7, 11) is 0. The monoisotopic (exact) mass is 280 g/mol. The number of imidazole rings is 1. The van der Waals surface area contributed by atoms with E-state index in [1.807, 2.05) is 30.9 Å². The highest BCUT2D eigenvalue weighted by molar-refractivity contribution is 7.09. The van der Waals surface area contributed by atoms with Gasteiger partial charge in [0.2, 0.25) is 5.95 Å². The van der Waals surface area contributed by atoms with Crippen LogP contribution in [0.25, 0.3) is 0 Å². The van der Waals surface area contributed by atoms with Crippen molar-refractivity contribution in [1.29, 1.82) is 0 Å². The molecule has 0 radical (unpaired) electrons. The van der Waals surface area contributed by atoms with E-state index in [2.05, 4.69) is 26.8 Å². The van der Waals surface area contributed by atoms with Crippen LogP contribution in [0.5, 0.6) is 0 Å². The zero-order valence-corrected chi connectivity index (χ0v) is 12.2. The molecular weight excluding hydrogens is 260 g/mol. The Bertz CT molecular complexity index is 469. The third kappa shape index (κ3) is 4.04. The first-order valence-corrected chi connectivity index (χ1v) is 7.44. The number of aryl methyl sites for hydroxylation is 1. The van der Waals surface area contributed by atoms with Gasteiger partial charge in [-0.05, 0) is 20.3 Å². The standard InChI is InChI=1S/C13H20N4OS/c1-3-18-9-4-7-17-8-5-15-13(17)16-11(2)12-14-6-10-19-12/h5-6,8,10-11H,3-4,7,9H2,1-2H3,(H,15,16). The summed E-state index contributed by atoms with van der Waals surface area (Å²) >= 11 is 1.65. The van der Waals surface area contributed by atoms with Gasteiger partial charge >= 0.3 is 0 Å². The molecule has 5 nitrogen and oxygen atoms in total. The third-order valence-electron chi connectivity index (χ3n) is 2.77. The van der Waals surface area contributed by atoms with E-state index in [-0.39, 0.29) is 6.04 Å². The van der Waals surface area contributed by atoms with Crippen molar-refractivity contribution in [2.75, 3.05) is 18.5 Å². The number of rotatable bonds is 8. The van der Waals surface area contributed by atoms with E-state index >= 15 is 0 Å². The first-order chi connectivity index (χ1) is 9.31. The van der Waals surface area contributed by atoms with Gasteiger partial charge in [-0.15, -0.1) is 11.3 Å². The molecule has 1 N–H and O–H groups in total. The first kappa shape index (κ1) is 14.0. The Labute approximate surface area is 117 Å². The molecule has 104 valence electrons. The number of thiazole rings is 1. The normalized spacial score (nSPS) is 12.5. The molecule has 0 fully saturated rings. The molecule has 6 heteroatoms. The van der Waals surface area contributed by atoms with E-state index in [1.54, 1.807) is 11.3 Å². The van der Waals surface area contributed by atoms with Gasteiger partial charge in [0.1, 0.15) is 5.01 Å². The highest BCUT2D eigenvalue weighted by Gasteiger charge is 2.10. The van der Waals surface area contributed by atoms with Crippen LogP contribution in [0.4, 0.5) is 5.95 Å². The lowest BCUT2D eigenvalue weighted by Crippen LogP contribution is -2.12. The van der Waals surface area contributed by atoms with E-state index in [0.29, 0.717) is 0 Å². The predicted octanol–water partition coefficient (Wildman–Crippen LogP) is 2.94. The van der Waals surface area contributed by atoms with Crippen LogP contribution in [0, 0.1) is 0 Å². The molecule has 0 aliphatic carbocycles. The van der Waals surface area contributed by atoms with Crippen molar-refractivity contribution in [2.45, 2.75) is 32.9 Å². The number of anilines is 1. The second-order valence-electron chi connectivity index (χ2n) is 4.23. The fourth-order valence-corrected chi connectivity index (χ4v) is 2.46. The van der Waals surface area contributed by atoms with Crippen molar-refractivity contribution in [2.24, 2.45) is 0 Å². The Morgan fingerprint density at radius 1 is 1.42 bits per heavy atom.